The maximum atomic E-state index is 6.96. The van der Waals surface area contributed by atoms with E-state index in [9.17, 15) is 0 Å². The van der Waals surface area contributed by atoms with Gasteiger partial charge in [-0.25, -0.2) is 0 Å². The van der Waals surface area contributed by atoms with Gasteiger partial charge in [-0.05, 0) is 59.3 Å². The highest BCUT2D eigenvalue weighted by Gasteiger charge is 2.39. The fraction of sp³-hybridized carbons (Fsp3) is 0.350. The lowest BCUT2D eigenvalue weighted by molar-refractivity contribution is -0.0269. The third kappa shape index (κ3) is 7.46. The Morgan fingerprint density at radius 2 is 1.17 bits per heavy atom. The first-order valence-electron chi connectivity index (χ1n) is 15.6. The Balaban J connectivity index is 1.41. The van der Waals surface area contributed by atoms with Crippen molar-refractivity contribution >= 4 is 6.08 Å². The third-order valence-corrected chi connectivity index (χ3v) is 9.59. The summed E-state index contributed by atoms with van der Waals surface area (Å²) in [5.74, 6) is 0.682. The molecular weight excluding hydrogens is 496 g/mol. The van der Waals surface area contributed by atoms with Crippen molar-refractivity contribution < 1.29 is 4.74 Å². The van der Waals surface area contributed by atoms with Gasteiger partial charge in [0.15, 0.2) is 0 Å². The highest BCUT2D eigenvalue weighted by molar-refractivity contribution is 5.50. The molecule has 2 atom stereocenters. The molecule has 1 saturated carbocycles. The van der Waals surface area contributed by atoms with E-state index >= 15 is 0 Å². The Hall–Kier alpha value is -3.42. The molecule has 1 heteroatoms. The molecule has 5 rings (SSSR count). The molecule has 0 bridgehead atoms. The average Bonchev–Trinajstić information content (AvgIpc) is 3.06. The number of benzene rings is 4. The van der Waals surface area contributed by atoms with E-state index in [4.69, 9.17) is 4.74 Å². The van der Waals surface area contributed by atoms with Gasteiger partial charge in [0.1, 0.15) is 6.10 Å². The number of hydrogen-bond donors (Lipinski definition) is 0. The molecule has 2 unspecified atom stereocenters. The molecule has 0 aromatic heterocycles. The van der Waals surface area contributed by atoms with Gasteiger partial charge in [-0.15, -0.1) is 0 Å². The zero-order chi connectivity index (χ0) is 28.4. The lowest BCUT2D eigenvalue weighted by Crippen LogP contribution is -2.37. The largest absolute Gasteiger partial charge is 0.369 e. The fourth-order valence-electron chi connectivity index (χ4n) is 6.74. The standard InChI is InChI=1S/C40H46O/c1-39(35-22-12-5-13-23-35,30-31-40(2,36-24-14-6-15-25-36)37-26-16-7-17-27-37)32-41-38(34-20-10-4-11-21-34)29-28-33-18-8-3-9-19-33/h3-4,6-11,14-21,24-29,35,38H,5,12-13,22-23,30-32H2,1-2H3. The second-order valence-electron chi connectivity index (χ2n) is 12.5. The van der Waals surface area contributed by atoms with Crippen molar-refractivity contribution in [1.82, 2.24) is 0 Å². The van der Waals surface area contributed by atoms with Crippen molar-refractivity contribution in [2.75, 3.05) is 6.61 Å². The van der Waals surface area contributed by atoms with Crippen LogP contribution in [0.2, 0.25) is 0 Å². The SMILES string of the molecule is CC(CCC(C)(COC(C=Cc1ccccc1)c1ccccc1)C1CCCCC1)(c1ccccc1)c1ccccc1. The van der Waals surface area contributed by atoms with Gasteiger partial charge in [-0.2, -0.15) is 0 Å². The molecule has 4 aromatic carbocycles. The van der Waals surface area contributed by atoms with Crippen molar-refractivity contribution in [3.8, 4) is 0 Å². The van der Waals surface area contributed by atoms with E-state index in [0.29, 0.717) is 5.92 Å². The monoisotopic (exact) mass is 542 g/mol. The number of rotatable bonds is 12. The normalized spacial score (nSPS) is 16.8. The Morgan fingerprint density at radius 3 is 1.73 bits per heavy atom. The van der Waals surface area contributed by atoms with E-state index in [1.807, 2.05) is 0 Å². The Morgan fingerprint density at radius 1 is 0.659 bits per heavy atom. The summed E-state index contributed by atoms with van der Waals surface area (Å²) in [7, 11) is 0. The molecular formula is C40H46O. The minimum Gasteiger partial charge on any atom is -0.369 e. The van der Waals surface area contributed by atoms with Crippen molar-refractivity contribution in [3.05, 3.63) is 150 Å². The molecule has 0 heterocycles. The second kappa shape index (κ2) is 14.0. The van der Waals surface area contributed by atoms with Crippen molar-refractivity contribution in [1.29, 1.82) is 0 Å². The smallest absolute Gasteiger partial charge is 0.101 e. The van der Waals surface area contributed by atoms with Crippen LogP contribution in [0.15, 0.2) is 127 Å². The van der Waals surface area contributed by atoms with E-state index in [2.05, 4.69) is 147 Å². The Bertz CT molecular complexity index is 1280. The molecule has 1 aliphatic rings. The summed E-state index contributed by atoms with van der Waals surface area (Å²) in [4.78, 5) is 0. The van der Waals surface area contributed by atoms with Gasteiger partial charge in [-0.3, -0.25) is 0 Å². The molecule has 0 saturated heterocycles. The van der Waals surface area contributed by atoms with Gasteiger partial charge in [0.05, 0.1) is 6.61 Å². The molecule has 1 nitrogen and oxygen atoms in total. The van der Waals surface area contributed by atoms with Crippen molar-refractivity contribution in [2.24, 2.45) is 11.3 Å². The molecule has 1 aliphatic carbocycles. The zero-order valence-electron chi connectivity index (χ0n) is 24.9. The second-order valence-corrected chi connectivity index (χ2v) is 12.5. The van der Waals surface area contributed by atoms with Crippen molar-refractivity contribution in [3.63, 3.8) is 0 Å². The third-order valence-electron chi connectivity index (χ3n) is 9.59. The zero-order valence-corrected chi connectivity index (χ0v) is 24.9. The summed E-state index contributed by atoms with van der Waals surface area (Å²) in [6.07, 6.45) is 13.2. The Labute approximate surface area is 248 Å². The van der Waals surface area contributed by atoms with Crippen LogP contribution < -0.4 is 0 Å². The number of ether oxygens (including phenoxy) is 1. The first-order chi connectivity index (χ1) is 20.1. The van der Waals surface area contributed by atoms with E-state index in [0.717, 1.165) is 19.4 Å². The van der Waals surface area contributed by atoms with Gasteiger partial charge >= 0.3 is 0 Å². The van der Waals surface area contributed by atoms with Crippen LogP contribution in [-0.2, 0) is 10.2 Å². The molecule has 0 amide bonds. The highest BCUT2D eigenvalue weighted by atomic mass is 16.5. The summed E-state index contributed by atoms with van der Waals surface area (Å²) < 4.78 is 6.96. The van der Waals surface area contributed by atoms with E-state index in [1.165, 1.54) is 54.4 Å². The fourth-order valence-corrected chi connectivity index (χ4v) is 6.74. The van der Waals surface area contributed by atoms with Gasteiger partial charge in [-0.1, -0.05) is 167 Å². The highest BCUT2D eigenvalue weighted by Crippen LogP contribution is 2.47. The first-order valence-corrected chi connectivity index (χ1v) is 15.6. The van der Waals surface area contributed by atoms with Crippen LogP contribution in [0.1, 0.15) is 87.2 Å². The lowest BCUT2D eigenvalue weighted by atomic mass is 9.64. The minimum atomic E-state index is -0.0750. The maximum absolute atomic E-state index is 6.96. The molecule has 41 heavy (non-hydrogen) atoms. The van der Waals surface area contributed by atoms with Crippen LogP contribution in [0, 0.1) is 11.3 Å². The summed E-state index contributed by atoms with van der Waals surface area (Å²) in [5.41, 5.74) is 5.25. The molecule has 0 aliphatic heterocycles. The quantitative estimate of drug-likeness (QED) is 0.173. The number of hydrogen-bond acceptors (Lipinski definition) is 1. The molecule has 0 radical (unpaired) electrons. The molecule has 1 fully saturated rings. The molecule has 212 valence electrons. The molecule has 0 spiro atoms. The maximum Gasteiger partial charge on any atom is 0.101 e. The Kier molecular flexibility index (Phi) is 9.91. The van der Waals surface area contributed by atoms with Crippen LogP contribution in [0.3, 0.4) is 0 Å². The van der Waals surface area contributed by atoms with Crippen LogP contribution in [0.4, 0.5) is 0 Å². The van der Waals surface area contributed by atoms with Crippen LogP contribution in [-0.4, -0.2) is 6.61 Å². The average molecular weight is 543 g/mol. The summed E-state index contributed by atoms with van der Waals surface area (Å²) in [6, 6.07) is 43.5. The molecule has 4 aromatic rings. The van der Waals surface area contributed by atoms with E-state index in [-0.39, 0.29) is 16.9 Å². The summed E-state index contributed by atoms with van der Waals surface area (Å²) in [5, 5.41) is 0. The topological polar surface area (TPSA) is 9.23 Å². The lowest BCUT2D eigenvalue weighted by Gasteiger charge is -2.43. The van der Waals surface area contributed by atoms with Gasteiger partial charge < -0.3 is 4.74 Å². The van der Waals surface area contributed by atoms with Gasteiger partial charge in [0, 0.05) is 5.41 Å². The first kappa shape index (κ1) is 29.1. The van der Waals surface area contributed by atoms with E-state index in [1.54, 1.807) is 0 Å². The molecule has 0 N–H and O–H groups in total. The van der Waals surface area contributed by atoms with Gasteiger partial charge in [0.2, 0.25) is 0 Å². The predicted molar refractivity (Wildman–Crippen MR) is 174 cm³/mol. The summed E-state index contributed by atoms with van der Waals surface area (Å²) in [6.45, 7) is 5.72. The minimum absolute atomic E-state index is 0.0511. The van der Waals surface area contributed by atoms with Gasteiger partial charge in [0.25, 0.3) is 0 Å². The van der Waals surface area contributed by atoms with Crippen LogP contribution in [0.5, 0.6) is 0 Å². The van der Waals surface area contributed by atoms with E-state index < -0.39 is 0 Å². The van der Waals surface area contributed by atoms with Crippen molar-refractivity contribution in [2.45, 2.75) is 70.3 Å². The van der Waals surface area contributed by atoms with Crippen LogP contribution in [0.25, 0.3) is 6.08 Å². The summed E-state index contributed by atoms with van der Waals surface area (Å²) >= 11 is 0. The van der Waals surface area contributed by atoms with Crippen LogP contribution >= 0.6 is 0 Å². The predicted octanol–water partition coefficient (Wildman–Crippen LogP) is 10.8.